The van der Waals surface area contributed by atoms with E-state index in [0.29, 0.717) is 34.9 Å². The third kappa shape index (κ3) is 5.17. The molecule has 3 aromatic carbocycles. The van der Waals surface area contributed by atoms with Crippen molar-refractivity contribution in [1.29, 1.82) is 0 Å². The van der Waals surface area contributed by atoms with Crippen LogP contribution in [0.1, 0.15) is 34.6 Å². The highest BCUT2D eigenvalue weighted by atomic mass is 16.5. The zero-order chi connectivity index (χ0) is 27.2. The molecular weight excluding hydrogens is 488 g/mol. The van der Waals surface area contributed by atoms with Crippen LogP contribution < -0.4 is 25.1 Å². The largest absolute Gasteiger partial charge is 0.494 e. The Bertz CT molecular complexity index is 1540. The molecule has 0 unspecified atom stereocenters. The fraction of sp³-hybridized carbons (Fsp3) is 0.207. The first-order chi connectivity index (χ1) is 18.4. The number of carbonyl (C=O) groups excluding carboxylic acids is 2. The smallest absolute Gasteiger partial charge is 0.340 e. The number of hydrogen-bond donors (Lipinski definition) is 1. The van der Waals surface area contributed by atoms with Crippen LogP contribution in [-0.4, -0.2) is 43.9 Å². The number of ether oxygens (including phenoxy) is 4. The number of anilines is 1. The third-order valence-corrected chi connectivity index (χ3v) is 5.86. The number of para-hydroxylation sites is 1. The average molecular weight is 517 g/mol. The molecule has 4 aromatic rings. The van der Waals surface area contributed by atoms with Crippen molar-refractivity contribution < 1.29 is 28.5 Å². The molecule has 0 radical (unpaired) electrons. The number of hydrogen-bond acceptors (Lipinski definition) is 7. The van der Waals surface area contributed by atoms with E-state index >= 15 is 0 Å². The molecule has 1 amide bonds. The van der Waals surface area contributed by atoms with Gasteiger partial charge >= 0.3 is 5.97 Å². The lowest BCUT2D eigenvalue weighted by molar-refractivity contribution is 0.0527. The lowest BCUT2D eigenvalue weighted by Gasteiger charge is -2.16. The van der Waals surface area contributed by atoms with Gasteiger partial charge in [0.25, 0.3) is 11.5 Å². The first-order valence-corrected chi connectivity index (χ1v) is 12.0. The minimum absolute atomic E-state index is 0.188. The van der Waals surface area contributed by atoms with E-state index in [9.17, 15) is 14.4 Å². The summed E-state index contributed by atoms with van der Waals surface area (Å²) in [5.41, 5.74) is 0.868. The van der Waals surface area contributed by atoms with E-state index < -0.39 is 11.9 Å². The summed E-state index contributed by atoms with van der Waals surface area (Å²) in [5, 5.41) is 3.42. The van der Waals surface area contributed by atoms with Gasteiger partial charge < -0.3 is 24.3 Å². The molecule has 0 fully saturated rings. The summed E-state index contributed by atoms with van der Waals surface area (Å²) in [7, 11) is 2.94. The standard InChI is InChI=1S/C29H28N2O7/c1-5-37-19-13-11-18(12-14-19)31-17-23(21-15-25(35-3)26(36-4)16-22(21)28(31)33)27(32)30-24-10-8-7-9-20(24)29(34)38-6-2/h7-17H,5-6H2,1-4H3,(H,30,32). The molecule has 0 aliphatic heterocycles. The minimum atomic E-state index is -0.556. The monoisotopic (exact) mass is 516 g/mol. The second kappa shape index (κ2) is 11.5. The van der Waals surface area contributed by atoms with Crippen LogP contribution in [0, 0.1) is 0 Å². The maximum atomic E-state index is 13.7. The molecule has 0 aliphatic rings. The summed E-state index contributed by atoms with van der Waals surface area (Å²) in [6.07, 6.45) is 1.47. The van der Waals surface area contributed by atoms with Crippen molar-refractivity contribution in [1.82, 2.24) is 4.57 Å². The van der Waals surface area contributed by atoms with Crippen LogP contribution in [0.4, 0.5) is 5.69 Å². The van der Waals surface area contributed by atoms with Crippen LogP contribution in [0.15, 0.2) is 71.7 Å². The normalized spacial score (nSPS) is 10.6. The van der Waals surface area contributed by atoms with E-state index in [1.165, 1.54) is 25.0 Å². The fourth-order valence-corrected chi connectivity index (χ4v) is 4.08. The maximum Gasteiger partial charge on any atom is 0.340 e. The van der Waals surface area contributed by atoms with Gasteiger partial charge in [0.1, 0.15) is 5.75 Å². The number of rotatable bonds is 9. The Hall–Kier alpha value is -4.79. The molecule has 4 rings (SSSR count). The van der Waals surface area contributed by atoms with Crippen molar-refractivity contribution in [2.75, 3.05) is 32.8 Å². The first kappa shape index (κ1) is 26.3. The molecule has 196 valence electrons. The Kier molecular flexibility index (Phi) is 7.96. The molecule has 0 saturated heterocycles. The van der Waals surface area contributed by atoms with Gasteiger partial charge in [-0.25, -0.2) is 4.79 Å². The Morgan fingerprint density at radius 2 is 1.50 bits per heavy atom. The molecule has 0 spiro atoms. The second-order valence-corrected chi connectivity index (χ2v) is 8.12. The molecule has 38 heavy (non-hydrogen) atoms. The molecule has 0 atom stereocenters. The lowest BCUT2D eigenvalue weighted by Crippen LogP contribution is -2.23. The van der Waals surface area contributed by atoms with Crippen LogP contribution in [0.2, 0.25) is 0 Å². The van der Waals surface area contributed by atoms with Crippen molar-refractivity contribution in [3.63, 3.8) is 0 Å². The van der Waals surface area contributed by atoms with Crippen LogP contribution in [0.3, 0.4) is 0 Å². The summed E-state index contributed by atoms with van der Waals surface area (Å²) in [4.78, 5) is 39.7. The van der Waals surface area contributed by atoms with Gasteiger partial charge in [0.2, 0.25) is 0 Å². The summed E-state index contributed by atoms with van der Waals surface area (Å²) in [6.45, 7) is 4.29. The summed E-state index contributed by atoms with van der Waals surface area (Å²) in [6, 6.07) is 16.7. The Balaban J connectivity index is 1.89. The van der Waals surface area contributed by atoms with Crippen molar-refractivity contribution in [3.05, 3.63) is 88.3 Å². The Morgan fingerprint density at radius 1 is 0.842 bits per heavy atom. The maximum absolute atomic E-state index is 13.7. The number of carbonyl (C=O) groups is 2. The van der Waals surface area contributed by atoms with Crippen molar-refractivity contribution in [2.45, 2.75) is 13.8 Å². The highest BCUT2D eigenvalue weighted by Gasteiger charge is 2.21. The minimum Gasteiger partial charge on any atom is -0.494 e. The van der Waals surface area contributed by atoms with Crippen molar-refractivity contribution >= 4 is 28.3 Å². The number of amides is 1. The predicted octanol–water partition coefficient (Wildman–Crippen LogP) is 4.84. The van der Waals surface area contributed by atoms with Gasteiger partial charge in [-0.15, -0.1) is 0 Å². The van der Waals surface area contributed by atoms with E-state index in [1.54, 1.807) is 67.6 Å². The molecule has 1 N–H and O–H groups in total. The molecular formula is C29H28N2O7. The highest BCUT2D eigenvalue weighted by Crippen LogP contribution is 2.33. The number of pyridine rings is 1. The summed E-state index contributed by atoms with van der Waals surface area (Å²) >= 11 is 0. The highest BCUT2D eigenvalue weighted by molar-refractivity contribution is 6.14. The molecule has 9 nitrogen and oxygen atoms in total. The number of methoxy groups -OCH3 is 2. The van der Waals surface area contributed by atoms with Crippen LogP contribution in [0.5, 0.6) is 17.2 Å². The summed E-state index contributed by atoms with van der Waals surface area (Å²) in [5.74, 6) is 0.280. The zero-order valence-electron chi connectivity index (χ0n) is 21.6. The average Bonchev–Trinajstić information content (AvgIpc) is 2.93. The SMILES string of the molecule is CCOC(=O)c1ccccc1NC(=O)c1cn(-c2ccc(OCC)cc2)c(=O)c2cc(OC)c(OC)cc12. The zero-order valence-corrected chi connectivity index (χ0v) is 21.6. The van der Waals surface area contributed by atoms with Gasteiger partial charge in [-0.2, -0.15) is 0 Å². The van der Waals surface area contributed by atoms with E-state index in [1.807, 2.05) is 6.92 Å². The molecule has 9 heteroatoms. The van der Waals surface area contributed by atoms with E-state index in [-0.39, 0.29) is 34.4 Å². The van der Waals surface area contributed by atoms with E-state index in [0.717, 1.165) is 0 Å². The van der Waals surface area contributed by atoms with Gasteiger partial charge in [0.15, 0.2) is 11.5 Å². The molecule has 1 aromatic heterocycles. The van der Waals surface area contributed by atoms with Gasteiger partial charge in [0, 0.05) is 17.3 Å². The van der Waals surface area contributed by atoms with Crippen molar-refractivity contribution in [3.8, 4) is 22.9 Å². The van der Waals surface area contributed by atoms with E-state index in [2.05, 4.69) is 5.32 Å². The Morgan fingerprint density at radius 3 is 2.13 bits per heavy atom. The number of aromatic nitrogens is 1. The van der Waals surface area contributed by atoms with Crippen molar-refractivity contribution in [2.24, 2.45) is 0 Å². The number of esters is 1. The number of fused-ring (bicyclic) bond motifs is 1. The third-order valence-electron chi connectivity index (χ3n) is 5.86. The van der Waals surface area contributed by atoms with Gasteiger partial charge in [0.05, 0.1) is 49.6 Å². The van der Waals surface area contributed by atoms with Crippen LogP contribution in [0.25, 0.3) is 16.5 Å². The number of nitrogens with one attached hydrogen (secondary N) is 1. The molecule has 0 bridgehead atoms. The summed E-state index contributed by atoms with van der Waals surface area (Å²) < 4.78 is 22.9. The Labute approximate surface area is 219 Å². The van der Waals surface area contributed by atoms with E-state index in [4.69, 9.17) is 18.9 Å². The fourth-order valence-electron chi connectivity index (χ4n) is 4.08. The van der Waals surface area contributed by atoms with Crippen LogP contribution >= 0.6 is 0 Å². The molecule has 0 saturated carbocycles. The van der Waals surface area contributed by atoms with Crippen LogP contribution in [-0.2, 0) is 4.74 Å². The molecule has 0 aliphatic carbocycles. The lowest BCUT2D eigenvalue weighted by atomic mass is 10.0. The molecule has 1 heterocycles. The quantitative estimate of drug-likeness (QED) is 0.318. The first-order valence-electron chi connectivity index (χ1n) is 12.0. The second-order valence-electron chi connectivity index (χ2n) is 8.12. The number of nitrogens with zero attached hydrogens (tertiary/aromatic N) is 1. The van der Waals surface area contributed by atoms with Gasteiger partial charge in [-0.1, -0.05) is 12.1 Å². The predicted molar refractivity (Wildman–Crippen MR) is 144 cm³/mol. The van der Waals surface area contributed by atoms with Gasteiger partial charge in [-0.05, 0) is 62.4 Å². The number of benzene rings is 3. The van der Waals surface area contributed by atoms with Gasteiger partial charge in [-0.3, -0.25) is 14.2 Å². The topological polar surface area (TPSA) is 105 Å².